The molecule has 1 amide bonds. The molecule has 1 aromatic rings. The van der Waals surface area contributed by atoms with Crippen molar-refractivity contribution < 1.29 is 4.79 Å². The van der Waals surface area contributed by atoms with Crippen molar-refractivity contribution in [1.29, 1.82) is 0 Å². The van der Waals surface area contributed by atoms with Crippen LogP contribution in [0, 0.1) is 6.92 Å². The van der Waals surface area contributed by atoms with Crippen LogP contribution in [0.4, 0.5) is 0 Å². The van der Waals surface area contributed by atoms with Gasteiger partial charge in [-0.15, -0.1) is 0 Å². The molecular formula is C12H16N2O. The van der Waals surface area contributed by atoms with Crippen LogP contribution in [0.15, 0.2) is 24.3 Å². The molecular weight excluding hydrogens is 188 g/mol. The molecule has 1 saturated heterocycles. The number of aryl methyl sites for hydroxylation is 1. The highest BCUT2D eigenvalue weighted by Gasteiger charge is 2.18. The number of hydrogen-bond acceptors (Lipinski definition) is 2. The van der Waals surface area contributed by atoms with E-state index in [1.807, 2.05) is 0 Å². The number of benzene rings is 1. The van der Waals surface area contributed by atoms with Crippen molar-refractivity contribution in [2.45, 2.75) is 19.8 Å². The van der Waals surface area contributed by atoms with Crippen molar-refractivity contribution in [2.75, 3.05) is 13.1 Å². The molecule has 1 aromatic carbocycles. The standard InChI is InChI=1S/C12H16N2O/c1-10-3-2-4-11(9-10)6-8-14-12(15)5-7-13-14/h2-4,9,13H,5-8H2,1H3. The van der Waals surface area contributed by atoms with Crippen LogP contribution in [0.25, 0.3) is 0 Å². The number of carbonyl (C=O) groups is 1. The van der Waals surface area contributed by atoms with E-state index in [2.05, 4.69) is 36.6 Å². The molecule has 0 spiro atoms. The first kappa shape index (κ1) is 10.2. The largest absolute Gasteiger partial charge is 0.278 e. The van der Waals surface area contributed by atoms with Crippen molar-refractivity contribution in [3.63, 3.8) is 0 Å². The van der Waals surface area contributed by atoms with Crippen LogP contribution >= 0.6 is 0 Å². The van der Waals surface area contributed by atoms with E-state index in [-0.39, 0.29) is 5.91 Å². The van der Waals surface area contributed by atoms with Gasteiger partial charge in [0.1, 0.15) is 0 Å². The zero-order chi connectivity index (χ0) is 10.7. The molecule has 2 rings (SSSR count). The normalized spacial score (nSPS) is 16.1. The summed E-state index contributed by atoms with van der Waals surface area (Å²) >= 11 is 0. The third-order valence-corrected chi connectivity index (χ3v) is 2.65. The van der Waals surface area contributed by atoms with Gasteiger partial charge in [-0.2, -0.15) is 0 Å². The molecule has 1 fully saturated rings. The van der Waals surface area contributed by atoms with Crippen LogP contribution < -0.4 is 5.43 Å². The van der Waals surface area contributed by atoms with Crippen LogP contribution in [0.3, 0.4) is 0 Å². The van der Waals surface area contributed by atoms with Gasteiger partial charge < -0.3 is 0 Å². The first-order valence-electron chi connectivity index (χ1n) is 5.35. The maximum absolute atomic E-state index is 11.3. The maximum atomic E-state index is 11.3. The van der Waals surface area contributed by atoms with Gasteiger partial charge in [0.15, 0.2) is 0 Å². The van der Waals surface area contributed by atoms with Gasteiger partial charge in [-0.25, -0.2) is 5.43 Å². The minimum absolute atomic E-state index is 0.211. The van der Waals surface area contributed by atoms with E-state index in [0.717, 1.165) is 19.5 Å². The summed E-state index contributed by atoms with van der Waals surface area (Å²) in [6.45, 7) is 3.64. The molecule has 1 heterocycles. The fraction of sp³-hybridized carbons (Fsp3) is 0.417. The Morgan fingerprint density at radius 2 is 2.33 bits per heavy atom. The number of amides is 1. The second-order valence-electron chi connectivity index (χ2n) is 3.94. The summed E-state index contributed by atoms with van der Waals surface area (Å²) in [5.41, 5.74) is 5.63. The predicted octanol–water partition coefficient (Wildman–Crippen LogP) is 1.27. The number of carbonyl (C=O) groups excluding carboxylic acids is 1. The number of nitrogens with zero attached hydrogens (tertiary/aromatic N) is 1. The molecule has 0 saturated carbocycles. The first-order chi connectivity index (χ1) is 7.25. The molecule has 3 nitrogen and oxygen atoms in total. The Kier molecular flexibility index (Phi) is 3.02. The molecule has 0 aromatic heterocycles. The SMILES string of the molecule is Cc1cccc(CCN2NCCC2=O)c1. The minimum Gasteiger partial charge on any atom is -0.278 e. The lowest BCUT2D eigenvalue weighted by Gasteiger charge is -2.15. The molecule has 0 aliphatic carbocycles. The summed E-state index contributed by atoms with van der Waals surface area (Å²) in [5, 5.41) is 1.72. The summed E-state index contributed by atoms with van der Waals surface area (Å²) < 4.78 is 0. The zero-order valence-corrected chi connectivity index (χ0v) is 8.99. The second kappa shape index (κ2) is 4.45. The van der Waals surface area contributed by atoms with Gasteiger partial charge in [0.2, 0.25) is 5.91 Å². The van der Waals surface area contributed by atoms with Crippen molar-refractivity contribution in [3.05, 3.63) is 35.4 Å². The van der Waals surface area contributed by atoms with E-state index < -0.39 is 0 Å². The van der Waals surface area contributed by atoms with Crippen LogP contribution in [-0.4, -0.2) is 24.0 Å². The molecule has 1 aliphatic rings. The topological polar surface area (TPSA) is 32.3 Å². The third kappa shape index (κ3) is 2.57. The van der Waals surface area contributed by atoms with Gasteiger partial charge in [-0.1, -0.05) is 29.8 Å². The van der Waals surface area contributed by atoms with Crippen molar-refractivity contribution >= 4 is 5.91 Å². The van der Waals surface area contributed by atoms with Crippen LogP contribution in [0.1, 0.15) is 17.5 Å². The van der Waals surface area contributed by atoms with E-state index in [1.54, 1.807) is 5.01 Å². The van der Waals surface area contributed by atoms with Crippen LogP contribution in [-0.2, 0) is 11.2 Å². The Morgan fingerprint density at radius 1 is 1.47 bits per heavy atom. The van der Waals surface area contributed by atoms with Crippen molar-refractivity contribution in [2.24, 2.45) is 0 Å². The lowest BCUT2D eigenvalue weighted by atomic mass is 10.1. The lowest BCUT2D eigenvalue weighted by Crippen LogP contribution is -2.35. The van der Waals surface area contributed by atoms with Gasteiger partial charge in [-0.05, 0) is 18.9 Å². The summed E-state index contributed by atoms with van der Waals surface area (Å²) in [6.07, 6.45) is 1.55. The monoisotopic (exact) mass is 204 g/mol. The first-order valence-corrected chi connectivity index (χ1v) is 5.35. The highest BCUT2D eigenvalue weighted by Crippen LogP contribution is 2.06. The maximum Gasteiger partial charge on any atom is 0.238 e. The Balaban J connectivity index is 1.90. The van der Waals surface area contributed by atoms with Crippen molar-refractivity contribution in [3.8, 4) is 0 Å². The fourth-order valence-electron chi connectivity index (χ4n) is 1.83. The molecule has 1 aliphatic heterocycles. The second-order valence-corrected chi connectivity index (χ2v) is 3.94. The fourth-order valence-corrected chi connectivity index (χ4v) is 1.83. The predicted molar refractivity (Wildman–Crippen MR) is 59.2 cm³/mol. The van der Waals surface area contributed by atoms with Gasteiger partial charge in [0, 0.05) is 19.5 Å². The molecule has 1 N–H and O–H groups in total. The average Bonchev–Trinajstić information content (AvgIpc) is 2.61. The summed E-state index contributed by atoms with van der Waals surface area (Å²) in [7, 11) is 0. The van der Waals surface area contributed by atoms with E-state index in [4.69, 9.17) is 0 Å². The highest BCUT2D eigenvalue weighted by atomic mass is 16.2. The molecule has 0 bridgehead atoms. The van der Waals surface area contributed by atoms with E-state index in [9.17, 15) is 4.79 Å². The summed E-state index contributed by atoms with van der Waals surface area (Å²) in [4.78, 5) is 11.3. The summed E-state index contributed by atoms with van der Waals surface area (Å²) in [5.74, 6) is 0.211. The number of rotatable bonds is 3. The number of nitrogens with one attached hydrogen (secondary N) is 1. The Morgan fingerprint density at radius 3 is 3.00 bits per heavy atom. The average molecular weight is 204 g/mol. The Bertz CT molecular complexity index is 362. The summed E-state index contributed by atoms with van der Waals surface area (Å²) in [6, 6.07) is 8.42. The molecule has 15 heavy (non-hydrogen) atoms. The van der Waals surface area contributed by atoms with Gasteiger partial charge >= 0.3 is 0 Å². The van der Waals surface area contributed by atoms with Gasteiger partial charge in [0.25, 0.3) is 0 Å². The third-order valence-electron chi connectivity index (χ3n) is 2.65. The number of hydrogen-bond donors (Lipinski definition) is 1. The van der Waals surface area contributed by atoms with Gasteiger partial charge in [0.05, 0.1) is 0 Å². The van der Waals surface area contributed by atoms with Gasteiger partial charge in [-0.3, -0.25) is 9.80 Å². The zero-order valence-electron chi connectivity index (χ0n) is 8.99. The lowest BCUT2D eigenvalue weighted by molar-refractivity contribution is -0.129. The molecule has 0 atom stereocenters. The van der Waals surface area contributed by atoms with Crippen LogP contribution in [0.5, 0.6) is 0 Å². The van der Waals surface area contributed by atoms with E-state index in [1.165, 1.54) is 11.1 Å². The van der Waals surface area contributed by atoms with Crippen LogP contribution in [0.2, 0.25) is 0 Å². The van der Waals surface area contributed by atoms with E-state index >= 15 is 0 Å². The molecule has 0 radical (unpaired) electrons. The Labute approximate surface area is 90.1 Å². The molecule has 3 heteroatoms. The Hall–Kier alpha value is -1.35. The van der Waals surface area contributed by atoms with Crippen molar-refractivity contribution in [1.82, 2.24) is 10.4 Å². The van der Waals surface area contributed by atoms with E-state index in [0.29, 0.717) is 6.42 Å². The minimum atomic E-state index is 0.211. The quantitative estimate of drug-likeness (QED) is 0.804. The highest BCUT2D eigenvalue weighted by molar-refractivity contribution is 5.77. The molecule has 0 unspecified atom stereocenters. The molecule has 80 valence electrons. The smallest absolute Gasteiger partial charge is 0.238 e. The number of hydrazine groups is 1.